The lowest BCUT2D eigenvalue weighted by atomic mass is 10.1. The summed E-state index contributed by atoms with van der Waals surface area (Å²) < 4.78 is 4.46. The number of hydrogen-bond acceptors (Lipinski definition) is 4. The molecule has 1 aliphatic heterocycles. The van der Waals surface area contributed by atoms with Gasteiger partial charge in [0.15, 0.2) is 5.81 Å². The van der Waals surface area contributed by atoms with Gasteiger partial charge in [-0.3, -0.25) is 4.79 Å². The number of methoxy groups -OCH3 is 1. The Labute approximate surface area is 77.1 Å². The van der Waals surface area contributed by atoms with E-state index in [9.17, 15) is 14.7 Å². The van der Waals surface area contributed by atoms with Crippen molar-refractivity contribution in [1.82, 2.24) is 4.90 Å². The van der Waals surface area contributed by atoms with Crippen molar-refractivity contribution in [2.75, 3.05) is 13.7 Å². The highest BCUT2D eigenvalue weighted by Gasteiger charge is 2.37. The zero-order valence-electron chi connectivity index (χ0n) is 7.27. The molecule has 0 bridgehead atoms. The topological polar surface area (TPSA) is 66.8 Å². The largest absolute Gasteiger partial charge is 0.467 e. The molecule has 0 unspecified atom stereocenters. The number of carbonyl (C=O) groups is 2. The fourth-order valence-corrected chi connectivity index (χ4v) is 1.42. The van der Waals surface area contributed by atoms with Gasteiger partial charge >= 0.3 is 5.97 Å². The number of nitrogens with zero attached hydrogens (tertiary/aromatic N) is 1. The number of aliphatic hydroxyl groups is 1. The molecule has 5 nitrogen and oxygen atoms in total. The van der Waals surface area contributed by atoms with Crippen LogP contribution < -0.4 is 0 Å². The number of rotatable bonds is 1. The van der Waals surface area contributed by atoms with Crippen LogP contribution in [0.1, 0.15) is 6.42 Å². The number of ether oxygens (including phenoxy) is 1. The average Bonchev–Trinajstić information content (AvgIpc) is 2.46. The lowest BCUT2D eigenvalue weighted by molar-refractivity contribution is -0.144. The number of esters is 1. The second-order valence-electron chi connectivity index (χ2n) is 2.92. The monoisotopic (exact) mass is 183 g/mol. The Bertz CT molecular complexity index is 233. The molecule has 2 atom stereocenters. The summed E-state index contributed by atoms with van der Waals surface area (Å²) >= 11 is 0. The van der Waals surface area contributed by atoms with Crippen LogP contribution in [0.2, 0.25) is 0 Å². The second-order valence-corrected chi connectivity index (χ2v) is 2.92. The summed E-state index contributed by atoms with van der Waals surface area (Å²) in [6.45, 7) is 0.0924. The number of aliphatic hydroxyl groups excluding tert-OH is 1. The minimum atomic E-state index is -0.738. The normalized spacial score (nSPS) is 27.4. The molecule has 2 radical (unpaired) electrons. The zero-order valence-corrected chi connectivity index (χ0v) is 7.27. The van der Waals surface area contributed by atoms with Gasteiger partial charge in [-0.15, -0.1) is 0 Å². The maximum absolute atomic E-state index is 11.1. The summed E-state index contributed by atoms with van der Waals surface area (Å²) in [6, 6.07) is -0.738. The molecule has 0 aliphatic carbocycles. The van der Waals surface area contributed by atoms with Crippen LogP contribution in [0.15, 0.2) is 0 Å². The quantitative estimate of drug-likeness (QED) is 0.413. The standard InChI is InChI=1S/C7H10BNO4/c1-13-6(11)5-2-4(10)3-9(5)7(8)12/h4-5,10H,2-3H2,1H3/t4-,5-/m0/s1. The van der Waals surface area contributed by atoms with Crippen molar-refractivity contribution in [2.45, 2.75) is 18.6 Å². The third-order valence-electron chi connectivity index (χ3n) is 2.04. The first-order valence-electron chi connectivity index (χ1n) is 3.88. The lowest BCUT2D eigenvalue weighted by Crippen LogP contribution is -2.40. The van der Waals surface area contributed by atoms with Gasteiger partial charge in [0.2, 0.25) is 7.85 Å². The van der Waals surface area contributed by atoms with Gasteiger partial charge in [-0.25, -0.2) is 4.79 Å². The van der Waals surface area contributed by atoms with E-state index >= 15 is 0 Å². The third kappa shape index (κ3) is 2.00. The van der Waals surface area contributed by atoms with E-state index in [-0.39, 0.29) is 13.0 Å². The average molecular weight is 183 g/mol. The Hall–Kier alpha value is -1.04. The molecule has 1 N–H and O–H groups in total. The van der Waals surface area contributed by atoms with Gasteiger partial charge in [-0.1, -0.05) is 0 Å². The summed E-state index contributed by atoms with van der Waals surface area (Å²) in [5.41, 5.74) is 0. The third-order valence-corrected chi connectivity index (χ3v) is 2.04. The van der Waals surface area contributed by atoms with Crippen LogP contribution in [0.3, 0.4) is 0 Å². The van der Waals surface area contributed by atoms with Gasteiger partial charge in [0.1, 0.15) is 6.04 Å². The number of carbonyl (C=O) groups excluding carboxylic acids is 2. The van der Waals surface area contributed by atoms with Crippen molar-refractivity contribution in [2.24, 2.45) is 0 Å². The molecule has 13 heavy (non-hydrogen) atoms. The molecule has 1 aliphatic rings. The van der Waals surface area contributed by atoms with E-state index in [0.717, 1.165) is 4.90 Å². The molecular formula is C7H10BNO4. The van der Waals surface area contributed by atoms with E-state index in [1.54, 1.807) is 0 Å². The molecule has 0 saturated carbocycles. The van der Waals surface area contributed by atoms with Crippen molar-refractivity contribution >= 4 is 19.6 Å². The fourth-order valence-electron chi connectivity index (χ4n) is 1.42. The van der Waals surface area contributed by atoms with Crippen LogP contribution >= 0.6 is 0 Å². The molecule has 1 amide bonds. The smallest absolute Gasteiger partial charge is 0.328 e. The van der Waals surface area contributed by atoms with E-state index in [2.05, 4.69) is 4.74 Å². The SMILES string of the molecule is [B]C(=O)N1C[C@@H](O)C[C@H]1C(=O)OC. The van der Waals surface area contributed by atoms with Crippen molar-refractivity contribution in [1.29, 1.82) is 0 Å². The number of amides is 1. The van der Waals surface area contributed by atoms with Crippen LogP contribution in [-0.4, -0.2) is 55.4 Å². The minimum absolute atomic E-state index is 0.0924. The molecule has 1 heterocycles. The Kier molecular flexibility index (Phi) is 2.92. The molecule has 70 valence electrons. The molecule has 0 aromatic carbocycles. The molecule has 1 rings (SSSR count). The zero-order chi connectivity index (χ0) is 10.0. The number of hydrogen-bond donors (Lipinski definition) is 1. The first kappa shape index (κ1) is 10.0. The van der Waals surface area contributed by atoms with Crippen LogP contribution in [0.5, 0.6) is 0 Å². The second kappa shape index (κ2) is 3.78. The van der Waals surface area contributed by atoms with E-state index in [1.807, 2.05) is 0 Å². The molecule has 0 aromatic heterocycles. The van der Waals surface area contributed by atoms with E-state index in [0.29, 0.717) is 0 Å². The summed E-state index contributed by atoms with van der Waals surface area (Å²) in [4.78, 5) is 23.0. The maximum atomic E-state index is 11.1. The number of likely N-dealkylation sites (tertiary alicyclic amines) is 1. The first-order chi connectivity index (χ1) is 6.06. The molecule has 0 spiro atoms. The van der Waals surface area contributed by atoms with Crippen molar-refractivity contribution in [3.05, 3.63) is 0 Å². The Morgan fingerprint density at radius 1 is 1.62 bits per heavy atom. The van der Waals surface area contributed by atoms with Crippen LogP contribution in [0.4, 0.5) is 4.79 Å². The van der Waals surface area contributed by atoms with Crippen LogP contribution in [0.25, 0.3) is 0 Å². The van der Waals surface area contributed by atoms with Gasteiger partial charge in [-0.05, 0) is 0 Å². The Balaban J connectivity index is 2.71. The molecule has 6 heteroatoms. The summed E-state index contributed by atoms with van der Waals surface area (Å²) in [5, 5.41) is 9.21. The van der Waals surface area contributed by atoms with Crippen LogP contribution in [-0.2, 0) is 9.53 Å². The van der Waals surface area contributed by atoms with Gasteiger partial charge in [0.05, 0.1) is 13.2 Å². The Morgan fingerprint density at radius 2 is 2.23 bits per heavy atom. The predicted molar refractivity (Wildman–Crippen MR) is 44.3 cm³/mol. The molecule has 1 fully saturated rings. The molecule has 0 aromatic rings. The molecular weight excluding hydrogens is 173 g/mol. The van der Waals surface area contributed by atoms with Crippen molar-refractivity contribution in [3.8, 4) is 0 Å². The number of β-amino-alcohol motifs (C(OH)–C–C–N with tert-alkyl or cyclic N) is 1. The van der Waals surface area contributed by atoms with Gasteiger partial charge < -0.3 is 14.7 Å². The summed E-state index contributed by atoms with van der Waals surface area (Å²) in [5.74, 6) is -1.26. The lowest BCUT2D eigenvalue weighted by Gasteiger charge is -2.20. The summed E-state index contributed by atoms with van der Waals surface area (Å²) in [7, 11) is 6.24. The van der Waals surface area contributed by atoms with E-state index in [1.165, 1.54) is 7.11 Å². The first-order valence-corrected chi connectivity index (χ1v) is 3.88. The Morgan fingerprint density at radius 3 is 2.69 bits per heavy atom. The highest BCUT2D eigenvalue weighted by molar-refractivity contribution is 6.57. The predicted octanol–water partition coefficient (Wildman–Crippen LogP) is -1.12. The molecule has 1 saturated heterocycles. The minimum Gasteiger partial charge on any atom is -0.467 e. The van der Waals surface area contributed by atoms with Gasteiger partial charge in [-0.2, -0.15) is 0 Å². The van der Waals surface area contributed by atoms with E-state index < -0.39 is 23.9 Å². The van der Waals surface area contributed by atoms with Crippen molar-refractivity contribution in [3.63, 3.8) is 0 Å². The van der Waals surface area contributed by atoms with Gasteiger partial charge in [0, 0.05) is 13.0 Å². The maximum Gasteiger partial charge on any atom is 0.328 e. The van der Waals surface area contributed by atoms with Gasteiger partial charge in [0.25, 0.3) is 0 Å². The summed E-state index contributed by atoms with van der Waals surface area (Å²) in [6.07, 6.45) is -0.508. The van der Waals surface area contributed by atoms with Crippen molar-refractivity contribution < 1.29 is 19.4 Å². The van der Waals surface area contributed by atoms with E-state index in [4.69, 9.17) is 7.85 Å². The fraction of sp³-hybridized carbons (Fsp3) is 0.714. The highest BCUT2D eigenvalue weighted by atomic mass is 16.5. The highest BCUT2D eigenvalue weighted by Crippen LogP contribution is 2.18. The van der Waals surface area contributed by atoms with Crippen LogP contribution in [0, 0.1) is 0 Å².